The quantitative estimate of drug-likeness (QED) is 0.109. The average molecular weight is 850 g/mol. The van der Waals surface area contributed by atoms with Crippen LogP contribution in [0.15, 0.2) is 153 Å². The van der Waals surface area contributed by atoms with Crippen molar-refractivity contribution in [1.29, 1.82) is 0 Å². The lowest BCUT2D eigenvalue weighted by Gasteiger charge is -2.35. The van der Waals surface area contributed by atoms with Crippen LogP contribution in [0.2, 0.25) is 10.0 Å². The molecule has 0 amide bonds. The van der Waals surface area contributed by atoms with Gasteiger partial charge in [0.05, 0.1) is 105 Å². The van der Waals surface area contributed by atoms with Gasteiger partial charge >= 0.3 is 0 Å². The molecule has 2 unspecified atom stereocenters. The third kappa shape index (κ3) is 8.69. The van der Waals surface area contributed by atoms with Crippen molar-refractivity contribution in [3.8, 4) is 11.1 Å². The van der Waals surface area contributed by atoms with Crippen molar-refractivity contribution >= 4 is 67.6 Å². The average Bonchev–Trinajstić information content (AvgIpc) is 3.20. The predicted octanol–water partition coefficient (Wildman–Crippen LogP) is 11.2. The Kier molecular flexibility index (Phi) is 11.7. The highest BCUT2D eigenvalue weighted by Crippen LogP contribution is 2.44. The molecule has 2 aliphatic heterocycles. The van der Waals surface area contributed by atoms with Crippen LogP contribution in [0, 0.1) is 0 Å². The molecule has 8 rings (SSSR count). The Labute approximate surface area is 358 Å². The first-order chi connectivity index (χ1) is 27.9. The molecule has 6 aromatic rings. The van der Waals surface area contributed by atoms with E-state index in [1.54, 1.807) is 0 Å². The van der Waals surface area contributed by atoms with Gasteiger partial charge in [0, 0.05) is 47.1 Å². The van der Waals surface area contributed by atoms with Crippen LogP contribution < -0.4 is 9.80 Å². The SMILES string of the molecule is C[N+](C)(CCCN1c2ccccc2S(=O)c2ccc(Cl)cc21)Cc1ccc(-c2ccc(C[N+](C)(C)CCCN3c4ccccc4S(=O)c4ccc(Cl)cc43)cc2)cc1. The molecule has 0 N–H and O–H groups in total. The van der Waals surface area contributed by atoms with E-state index in [1.807, 2.05) is 72.8 Å². The fourth-order valence-corrected chi connectivity index (χ4v) is 11.5. The maximum Gasteiger partial charge on any atom is 0.104 e. The Morgan fingerprint density at radius 1 is 0.466 bits per heavy atom. The normalized spacial score (nSPS) is 16.0. The summed E-state index contributed by atoms with van der Waals surface area (Å²) in [6, 6.07) is 45.4. The number of quaternary nitrogens is 2. The molecule has 58 heavy (non-hydrogen) atoms. The summed E-state index contributed by atoms with van der Waals surface area (Å²) in [5.41, 5.74) is 8.95. The number of rotatable bonds is 13. The van der Waals surface area contributed by atoms with E-state index in [4.69, 9.17) is 23.2 Å². The summed E-state index contributed by atoms with van der Waals surface area (Å²) in [6.07, 6.45) is 1.94. The van der Waals surface area contributed by atoms with Crippen molar-refractivity contribution in [1.82, 2.24) is 0 Å². The molecule has 10 heteroatoms. The maximum absolute atomic E-state index is 13.3. The summed E-state index contributed by atoms with van der Waals surface area (Å²) in [7, 11) is 6.73. The maximum atomic E-state index is 13.3. The van der Waals surface area contributed by atoms with Gasteiger partial charge in [0.25, 0.3) is 0 Å². The van der Waals surface area contributed by atoms with Crippen molar-refractivity contribution in [2.45, 2.75) is 45.5 Å². The topological polar surface area (TPSA) is 40.6 Å². The lowest BCUT2D eigenvalue weighted by molar-refractivity contribution is -0.903. The largest absolute Gasteiger partial charge is 0.339 e. The zero-order valence-electron chi connectivity index (χ0n) is 33.5. The highest BCUT2D eigenvalue weighted by Gasteiger charge is 2.30. The van der Waals surface area contributed by atoms with Crippen molar-refractivity contribution in [2.24, 2.45) is 0 Å². The summed E-state index contributed by atoms with van der Waals surface area (Å²) >= 11 is 12.8. The molecule has 2 aliphatic rings. The van der Waals surface area contributed by atoms with E-state index in [0.717, 1.165) is 103 Å². The molecular weight excluding hydrogens is 800 g/mol. The Morgan fingerprint density at radius 2 is 0.828 bits per heavy atom. The predicted molar refractivity (Wildman–Crippen MR) is 242 cm³/mol. The van der Waals surface area contributed by atoms with Gasteiger partial charge in [-0.3, -0.25) is 0 Å². The van der Waals surface area contributed by atoms with Gasteiger partial charge in [0.2, 0.25) is 0 Å². The van der Waals surface area contributed by atoms with Crippen molar-refractivity contribution in [2.75, 3.05) is 64.2 Å². The van der Waals surface area contributed by atoms with Gasteiger partial charge < -0.3 is 18.8 Å². The Bertz CT molecular complexity index is 2330. The highest BCUT2D eigenvalue weighted by molar-refractivity contribution is 7.85. The van der Waals surface area contributed by atoms with Gasteiger partial charge in [0.15, 0.2) is 0 Å². The molecule has 2 heterocycles. The van der Waals surface area contributed by atoms with Crippen LogP contribution in [0.25, 0.3) is 11.1 Å². The van der Waals surface area contributed by atoms with Crippen molar-refractivity contribution in [3.05, 3.63) is 155 Å². The highest BCUT2D eigenvalue weighted by atomic mass is 35.5. The smallest absolute Gasteiger partial charge is 0.104 e. The first kappa shape index (κ1) is 40.5. The van der Waals surface area contributed by atoms with Gasteiger partial charge in [-0.1, -0.05) is 96.0 Å². The first-order valence-electron chi connectivity index (χ1n) is 19.8. The number of halogens is 2. The standard InChI is InChI=1S/C48H50Cl2N4O2S2/c1-53(2,29-9-27-51-41-11-5-7-13-45(41)57(55)47-25-23-39(49)31-43(47)51)33-35-15-19-37(20-16-35)38-21-17-36(18-22-38)34-54(3,4)30-10-28-52-42-12-6-8-14-46(42)58(56)48-26-24-40(50)32-44(48)52/h5-8,11-26,31-32H,9-10,27-30,33-34H2,1-4H3/q+2. The summed E-state index contributed by atoms with van der Waals surface area (Å²) < 4.78 is 28.4. The molecule has 6 nitrogen and oxygen atoms in total. The summed E-state index contributed by atoms with van der Waals surface area (Å²) in [6.45, 7) is 5.48. The van der Waals surface area contributed by atoms with E-state index in [9.17, 15) is 8.42 Å². The molecule has 0 spiro atoms. The minimum Gasteiger partial charge on any atom is -0.339 e. The van der Waals surface area contributed by atoms with Gasteiger partial charge in [-0.2, -0.15) is 0 Å². The molecule has 0 saturated carbocycles. The number of nitrogens with zero attached hydrogens (tertiary/aromatic N) is 4. The van der Waals surface area contributed by atoms with Crippen LogP contribution in [-0.2, 0) is 34.7 Å². The molecule has 6 aromatic carbocycles. The van der Waals surface area contributed by atoms with Gasteiger partial charge in [-0.25, -0.2) is 8.42 Å². The molecule has 0 radical (unpaired) electrons. The Hall–Kier alpha value is -4.28. The molecule has 298 valence electrons. The molecule has 2 atom stereocenters. The van der Waals surface area contributed by atoms with Crippen molar-refractivity contribution in [3.63, 3.8) is 0 Å². The van der Waals surface area contributed by atoms with E-state index in [-0.39, 0.29) is 0 Å². The first-order valence-corrected chi connectivity index (χ1v) is 22.9. The fourth-order valence-electron chi connectivity index (χ4n) is 8.43. The number of hydrogen-bond donors (Lipinski definition) is 0. The molecule has 0 aliphatic carbocycles. The molecule has 0 saturated heterocycles. The number of fused-ring (bicyclic) bond motifs is 4. The molecule has 0 aromatic heterocycles. The Balaban J connectivity index is 0.849. The minimum absolute atomic E-state index is 0.654. The third-order valence-corrected chi connectivity index (χ3v) is 14.7. The van der Waals surface area contributed by atoms with E-state index in [0.29, 0.717) is 10.0 Å². The molecule has 0 bridgehead atoms. The van der Waals surface area contributed by atoms with Crippen LogP contribution in [-0.4, -0.2) is 71.8 Å². The van der Waals surface area contributed by atoms with Gasteiger partial charge in [0.1, 0.15) is 13.1 Å². The second-order valence-corrected chi connectivity index (χ2v) is 20.4. The van der Waals surface area contributed by atoms with E-state index in [2.05, 4.69) is 98.7 Å². The summed E-state index contributed by atoms with van der Waals surface area (Å²) in [4.78, 5) is 7.93. The van der Waals surface area contributed by atoms with E-state index < -0.39 is 21.6 Å². The van der Waals surface area contributed by atoms with E-state index in [1.165, 1.54) is 22.3 Å². The fraction of sp³-hybridized carbons (Fsp3) is 0.250. The zero-order valence-corrected chi connectivity index (χ0v) is 36.7. The van der Waals surface area contributed by atoms with E-state index >= 15 is 0 Å². The summed E-state index contributed by atoms with van der Waals surface area (Å²) in [5, 5.41) is 1.31. The molecular formula is C48H50Cl2N4O2S2+2. The second kappa shape index (κ2) is 16.8. The number of benzene rings is 6. The lowest BCUT2D eigenvalue weighted by Crippen LogP contribution is -2.41. The number of para-hydroxylation sites is 2. The van der Waals surface area contributed by atoms with Crippen LogP contribution in [0.4, 0.5) is 22.7 Å². The van der Waals surface area contributed by atoms with Crippen LogP contribution in [0.3, 0.4) is 0 Å². The summed E-state index contributed by atoms with van der Waals surface area (Å²) in [5.74, 6) is 0. The molecule has 0 fully saturated rings. The zero-order chi connectivity index (χ0) is 40.6. The lowest BCUT2D eigenvalue weighted by atomic mass is 10.0. The minimum atomic E-state index is -1.22. The van der Waals surface area contributed by atoms with Crippen molar-refractivity contribution < 1.29 is 17.4 Å². The monoisotopic (exact) mass is 848 g/mol. The van der Waals surface area contributed by atoms with Gasteiger partial charge in [-0.05, 0) is 71.8 Å². The van der Waals surface area contributed by atoms with Crippen LogP contribution in [0.1, 0.15) is 24.0 Å². The van der Waals surface area contributed by atoms with Crippen LogP contribution in [0.5, 0.6) is 0 Å². The second-order valence-electron chi connectivity index (χ2n) is 16.7. The third-order valence-electron chi connectivity index (χ3n) is 11.3. The van der Waals surface area contributed by atoms with Crippen LogP contribution >= 0.6 is 23.2 Å². The number of hydrogen-bond acceptors (Lipinski definition) is 4. The number of anilines is 4. The van der Waals surface area contributed by atoms with Gasteiger partial charge in [-0.15, -0.1) is 0 Å². The Morgan fingerprint density at radius 3 is 1.22 bits per heavy atom.